The Morgan fingerprint density at radius 2 is 0.971 bits per heavy atom. The fourth-order valence-corrected chi connectivity index (χ4v) is 4.66. The summed E-state index contributed by atoms with van der Waals surface area (Å²) in [5, 5.41) is 0. The van der Waals surface area contributed by atoms with Gasteiger partial charge in [-0.2, -0.15) is 0 Å². The van der Waals surface area contributed by atoms with E-state index in [9.17, 15) is 9.59 Å². The summed E-state index contributed by atoms with van der Waals surface area (Å²) in [5.74, 6) is 1.10. The monoisotopic (exact) mass is 480 g/mol. The number of carbonyl (C=O) groups is 2. The Hall–Kier alpha value is -1.06. The second-order valence-corrected chi connectivity index (χ2v) is 13.6. The van der Waals surface area contributed by atoms with Gasteiger partial charge in [-0.1, -0.05) is 68.2 Å². The minimum absolute atomic E-state index is 0.0500. The van der Waals surface area contributed by atoms with Gasteiger partial charge in [0.25, 0.3) is 0 Å². The van der Waals surface area contributed by atoms with E-state index in [0.29, 0.717) is 35.9 Å². The topological polar surface area (TPSA) is 52.6 Å². The fourth-order valence-electron chi connectivity index (χ4n) is 4.66. The Morgan fingerprint density at radius 1 is 0.647 bits per heavy atom. The molecule has 34 heavy (non-hydrogen) atoms. The molecule has 1 fully saturated rings. The van der Waals surface area contributed by atoms with Crippen molar-refractivity contribution >= 4 is 11.9 Å². The lowest BCUT2D eigenvalue weighted by atomic mass is 9.82. The highest BCUT2D eigenvalue weighted by Gasteiger charge is 2.31. The van der Waals surface area contributed by atoms with E-state index in [2.05, 4.69) is 55.4 Å². The van der Waals surface area contributed by atoms with Gasteiger partial charge in [-0.05, 0) is 86.9 Å². The molecule has 4 nitrogen and oxygen atoms in total. The van der Waals surface area contributed by atoms with Crippen LogP contribution >= 0.6 is 0 Å². The number of hydrogen-bond acceptors (Lipinski definition) is 4. The van der Waals surface area contributed by atoms with E-state index in [1.807, 2.05) is 0 Å². The van der Waals surface area contributed by atoms with E-state index in [1.54, 1.807) is 0 Å². The lowest BCUT2D eigenvalue weighted by Crippen LogP contribution is -2.28. The predicted molar refractivity (Wildman–Crippen MR) is 142 cm³/mol. The van der Waals surface area contributed by atoms with Crippen molar-refractivity contribution in [1.29, 1.82) is 0 Å². The van der Waals surface area contributed by atoms with Crippen LogP contribution in [0.1, 0.15) is 132 Å². The zero-order valence-electron chi connectivity index (χ0n) is 23.8. The number of esters is 2. The molecular formula is C30H56O4. The van der Waals surface area contributed by atoms with Crippen LogP contribution in [0.2, 0.25) is 0 Å². The number of ether oxygens (including phenoxy) is 2. The van der Waals surface area contributed by atoms with Crippen LogP contribution in [0.5, 0.6) is 0 Å². The molecule has 0 N–H and O–H groups in total. The second-order valence-electron chi connectivity index (χ2n) is 13.6. The Labute approximate surface area is 211 Å². The van der Waals surface area contributed by atoms with E-state index in [4.69, 9.17) is 9.47 Å². The Bertz CT molecular complexity index is 524. The van der Waals surface area contributed by atoms with Gasteiger partial charge in [-0.25, -0.2) is 0 Å². The number of carbonyl (C=O) groups excluding carboxylic acids is 2. The van der Waals surface area contributed by atoms with Crippen molar-refractivity contribution in [3.8, 4) is 0 Å². The molecule has 0 bridgehead atoms. The molecule has 0 aromatic carbocycles. The number of hydrogen-bond donors (Lipinski definition) is 0. The van der Waals surface area contributed by atoms with Gasteiger partial charge in [0.2, 0.25) is 0 Å². The molecule has 200 valence electrons. The maximum Gasteiger partial charge on any atom is 0.308 e. The van der Waals surface area contributed by atoms with E-state index in [-0.39, 0.29) is 23.8 Å². The van der Waals surface area contributed by atoms with Gasteiger partial charge < -0.3 is 9.47 Å². The molecule has 0 amide bonds. The minimum Gasteiger partial charge on any atom is -0.465 e. The first-order valence-electron chi connectivity index (χ1n) is 14.1. The summed E-state index contributed by atoms with van der Waals surface area (Å²) in [5.41, 5.74) is 0.771. The molecule has 0 radical (unpaired) electrons. The highest BCUT2D eigenvalue weighted by Crippen LogP contribution is 2.31. The summed E-state index contributed by atoms with van der Waals surface area (Å²) in [6, 6.07) is 0. The quantitative estimate of drug-likeness (QED) is 0.185. The standard InChI is InChI=1S/C30H56O4/c1-23(17-19-29(3,4)5)11-9-21-33-27(31)25-13-15-26(16-14-25)28(32)34-22-10-12-24(2)18-20-30(6,7)8/h23-26H,9-22H2,1-8H3. The molecule has 0 aromatic heterocycles. The average Bonchev–Trinajstić information content (AvgIpc) is 2.75. The van der Waals surface area contributed by atoms with Gasteiger partial charge in [0.1, 0.15) is 0 Å². The number of rotatable bonds is 14. The molecule has 0 saturated heterocycles. The SMILES string of the molecule is CC(CCCOC(=O)C1CCC(C(=O)OCCCC(C)CCC(C)(C)C)CC1)CCC(C)(C)C. The summed E-state index contributed by atoms with van der Waals surface area (Å²) in [6.07, 6.45) is 12.0. The lowest BCUT2D eigenvalue weighted by Gasteiger charge is -2.26. The van der Waals surface area contributed by atoms with Gasteiger partial charge in [-0.15, -0.1) is 0 Å². The molecule has 1 aliphatic carbocycles. The van der Waals surface area contributed by atoms with E-state index in [1.165, 1.54) is 25.7 Å². The smallest absolute Gasteiger partial charge is 0.308 e. The van der Waals surface area contributed by atoms with Crippen molar-refractivity contribution in [2.75, 3.05) is 13.2 Å². The van der Waals surface area contributed by atoms with Crippen LogP contribution in [0.25, 0.3) is 0 Å². The molecule has 2 unspecified atom stereocenters. The highest BCUT2D eigenvalue weighted by atomic mass is 16.5. The third-order valence-electron chi connectivity index (χ3n) is 7.34. The zero-order valence-corrected chi connectivity index (χ0v) is 23.8. The van der Waals surface area contributed by atoms with E-state index >= 15 is 0 Å². The van der Waals surface area contributed by atoms with Crippen molar-refractivity contribution in [3.05, 3.63) is 0 Å². The maximum atomic E-state index is 12.4. The van der Waals surface area contributed by atoms with Crippen LogP contribution < -0.4 is 0 Å². The van der Waals surface area contributed by atoms with Crippen LogP contribution in [0.3, 0.4) is 0 Å². The fraction of sp³-hybridized carbons (Fsp3) is 0.933. The molecule has 4 heteroatoms. The van der Waals surface area contributed by atoms with Gasteiger partial charge in [0.05, 0.1) is 25.0 Å². The zero-order chi connectivity index (χ0) is 25.8. The van der Waals surface area contributed by atoms with Crippen molar-refractivity contribution in [1.82, 2.24) is 0 Å². The third-order valence-corrected chi connectivity index (χ3v) is 7.34. The summed E-state index contributed by atoms with van der Waals surface area (Å²) < 4.78 is 11.1. The van der Waals surface area contributed by atoms with Crippen molar-refractivity contribution in [3.63, 3.8) is 0 Å². The second kappa shape index (κ2) is 15.1. The summed E-state index contributed by atoms with van der Waals surface area (Å²) in [7, 11) is 0. The first kappa shape index (κ1) is 31.0. The molecule has 2 atom stereocenters. The molecule has 0 heterocycles. The van der Waals surface area contributed by atoms with Crippen LogP contribution in [0.15, 0.2) is 0 Å². The molecule has 0 aromatic rings. The van der Waals surface area contributed by atoms with Crippen LogP contribution in [0.4, 0.5) is 0 Å². The van der Waals surface area contributed by atoms with Crippen LogP contribution in [-0.2, 0) is 19.1 Å². The summed E-state index contributed by atoms with van der Waals surface area (Å²) in [6.45, 7) is 19.3. The molecule has 1 saturated carbocycles. The Morgan fingerprint density at radius 3 is 1.26 bits per heavy atom. The van der Waals surface area contributed by atoms with Crippen molar-refractivity contribution in [2.45, 2.75) is 132 Å². The molecule has 1 aliphatic rings. The molecule has 1 rings (SSSR count). The molecule has 0 aliphatic heterocycles. The predicted octanol–water partition coefficient (Wildman–Crippen LogP) is 8.36. The van der Waals surface area contributed by atoms with Crippen molar-refractivity contribution in [2.24, 2.45) is 34.5 Å². The van der Waals surface area contributed by atoms with Crippen molar-refractivity contribution < 1.29 is 19.1 Å². The molecule has 0 spiro atoms. The highest BCUT2D eigenvalue weighted by molar-refractivity contribution is 5.75. The summed E-state index contributed by atoms with van der Waals surface area (Å²) >= 11 is 0. The maximum absolute atomic E-state index is 12.4. The van der Waals surface area contributed by atoms with E-state index < -0.39 is 0 Å². The Balaban J connectivity index is 2.13. The lowest BCUT2D eigenvalue weighted by molar-refractivity contribution is -0.155. The average molecular weight is 481 g/mol. The first-order valence-corrected chi connectivity index (χ1v) is 14.1. The van der Waals surface area contributed by atoms with Gasteiger partial charge in [-0.3, -0.25) is 9.59 Å². The van der Waals surface area contributed by atoms with Crippen LogP contribution in [0, 0.1) is 34.5 Å². The van der Waals surface area contributed by atoms with E-state index in [0.717, 1.165) is 51.4 Å². The normalized spacial score (nSPS) is 21.1. The van der Waals surface area contributed by atoms with Gasteiger partial charge in [0, 0.05) is 0 Å². The minimum atomic E-state index is -0.0709. The molecular weight excluding hydrogens is 424 g/mol. The van der Waals surface area contributed by atoms with Gasteiger partial charge in [0.15, 0.2) is 0 Å². The largest absolute Gasteiger partial charge is 0.465 e. The van der Waals surface area contributed by atoms with Gasteiger partial charge >= 0.3 is 11.9 Å². The third kappa shape index (κ3) is 15.0. The Kier molecular flexibility index (Phi) is 13.8. The van der Waals surface area contributed by atoms with Crippen LogP contribution in [-0.4, -0.2) is 25.2 Å². The first-order chi connectivity index (χ1) is 15.8. The summed E-state index contributed by atoms with van der Waals surface area (Å²) in [4.78, 5) is 24.9.